The number of hydrogen-bond acceptors (Lipinski definition) is 3. The molecule has 0 saturated carbocycles. The number of hydrogen-bond donors (Lipinski definition) is 0. The van der Waals surface area contributed by atoms with Gasteiger partial charge >= 0.3 is 0 Å². The third kappa shape index (κ3) is 7.21. The Morgan fingerprint density at radius 3 is 1.42 bits per heavy atom. The molecule has 0 spiro atoms. The van der Waals surface area contributed by atoms with E-state index in [-0.39, 0.29) is 39.2 Å². The van der Waals surface area contributed by atoms with Crippen molar-refractivity contribution in [2.75, 3.05) is 14.7 Å². The van der Waals surface area contributed by atoms with Crippen LogP contribution in [0.4, 0.5) is 51.2 Å². The quantitative estimate of drug-likeness (QED) is 0.154. The van der Waals surface area contributed by atoms with Gasteiger partial charge in [0.1, 0.15) is 0 Å². The van der Waals surface area contributed by atoms with E-state index in [0.29, 0.717) is 0 Å². The number of rotatable bonds is 6. The van der Waals surface area contributed by atoms with Gasteiger partial charge in [0.2, 0.25) is 0 Å². The van der Waals surface area contributed by atoms with E-state index in [1.807, 2.05) is 0 Å². The number of para-hydroxylation sites is 2. The summed E-state index contributed by atoms with van der Waals surface area (Å²) in [5.41, 5.74) is 29.4. The summed E-state index contributed by atoms with van der Waals surface area (Å²) < 4.78 is 0. The van der Waals surface area contributed by atoms with Crippen LogP contribution in [-0.2, 0) is 32.5 Å². The molecule has 0 amide bonds. The first-order chi connectivity index (χ1) is 36.0. The van der Waals surface area contributed by atoms with Crippen molar-refractivity contribution in [3.63, 3.8) is 0 Å². The van der Waals surface area contributed by atoms with Crippen LogP contribution in [0.2, 0.25) is 0 Å². The first kappa shape index (κ1) is 48.8. The second-order valence-electron chi connectivity index (χ2n) is 27.6. The molecule has 2 aliphatic heterocycles. The van der Waals surface area contributed by atoms with Crippen LogP contribution >= 0.6 is 0 Å². The summed E-state index contributed by atoms with van der Waals surface area (Å²) in [6, 6.07) is 61.2. The minimum Gasteiger partial charge on any atom is -0.311 e. The van der Waals surface area contributed by atoms with Crippen molar-refractivity contribution in [1.29, 1.82) is 0 Å². The zero-order valence-corrected chi connectivity index (χ0v) is 47.8. The molecule has 0 radical (unpaired) electrons. The van der Waals surface area contributed by atoms with Crippen LogP contribution in [0, 0.1) is 13.8 Å². The summed E-state index contributed by atoms with van der Waals surface area (Å²) in [4.78, 5) is 7.94. The smallest absolute Gasteiger partial charge is 0.252 e. The molecule has 0 N–H and O–H groups in total. The second-order valence-corrected chi connectivity index (χ2v) is 27.6. The van der Waals surface area contributed by atoms with Crippen molar-refractivity contribution in [1.82, 2.24) is 0 Å². The molecular formula is C72H76BN3. The summed E-state index contributed by atoms with van der Waals surface area (Å²) in [6.07, 6.45) is 4.55. The molecule has 5 aliphatic rings. The van der Waals surface area contributed by atoms with Crippen molar-refractivity contribution < 1.29 is 0 Å². The molecule has 0 saturated heterocycles. The number of nitrogens with zero attached hydrogens (tertiary/aromatic N) is 3. The maximum absolute atomic E-state index is 2.75. The van der Waals surface area contributed by atoms with Crippen molar-refractivity contribution in [2.24, 2.45) is 0 Å². The lowest BCUT2D eigenvalue weighted by atomic mass is 9.33. The van der Waals surface area contributed by atoms with Gasteiger partial charge in [0.15, 0.2) is 0 Å². The fourth-order valence-corrected chi connectivity index (χ4v) is 16.1. The molecule has 8 aromatic rings. The van der Waals surface area contributed by atoms with Gasteiger partial charge in [-0.2, -0.15) is 0 Å². The maximum Gasteiger partial charge on any atom is 0.252 e. The van der Waals surface area contributed by atoms with E-state index < -0.39 is 0 Å². The average molecular weight is 994 g/mol. The molecule has 2 heterocycles. The Balaban J connectivity index is 1.21. The monoisotopic (exact) mass is 994 g/mol. The number of aryl methyl sites for hydroxylation is 1. The Hall–Kier alpha value is -6.78. The molecule has 0 atom stereocenters. The lowest BCUT2D eigenvalue weighted by Crippen LogP contribution is -2.61. The van der Waals surface area contributed by atoms with E-state index in [4.69, 9.17) is 0 Å². The first-order valence-corrected chi connectivity index (χ1v) is 28.3. The maximum atomic E-state index is 2.75. The van der Waals surface area contributed by atoms with E-state index in [1.165, 1.54) is 113 Å². The molecule has 13 rings (SSSR count). The summed E-state index contributed by atoms with van der Waals surface area (Å²) in [7, 11) is 0. The molecule has 3 aliphatic carbocycles. The van der Waals surface area contributed by atoms with E-state index in [1.54, 1.807) is 0 Å². The van der Waals surface area contributed by atoms with Crippen LogP contribution in [0.1, 0.15) is 153 Å². The van der Waals surface area contributed by atoms with Gasteiger partial charge in [0, 0.05) is 45.5 Å². The largest absolute Gasteiger partial charge is 0.311 e. The fraction of sp³-hybridized carbons (Fsp3) is 0.333. The minimum absolute atomic E-state index is 0.00268. The van der Waals surface area contributed by atoms with Crippen LogP contribution in [0.15, 0.2) is 158 Å². The molecular weight excluding hydrogens is 918 g/mol. The van der Waals surface area contributed by atoms with Gasteiger partial charge in [0.05, 0.1) is 5.69 Å². The van der Waals surface area contributed by atoms with Crippen LogP contribution in [0.25, 0.3) is 11.1 Å². The summed E-state index contributed by atoms with van der Waals surface area (Å²) in [5, 5.41) is 0. The van der Waals surface area contributed by atoms with Gasteiger partial charge in [-0.1, -0.05) is 180 Å². The van der Waals surface area contributed by atoms with Gasteiger partial charge in [-0.25, -0.2) is 0 Å². The predicted molar refractivity (Wildman–Crippen MR) is 327 cm³/mol. The molecule has 0 bridgehead atoms. The van der Waals surface area contributed by atoms with Gasteiger partial charge in [0.25, 0.3) is 6.71 Å². The first-order valence-electron chi connectivity index (χ1n) is 28.3. The van der Waals surface area contributed by atoms with Gasteiger partial charge < -0.3 is 14.7 Å². The molecule has 8 aromatic carbocycles. The molecule has 0 fully saturated rings. The van der Waals surface area contributed by atoms with Crippen LogP contribution in [0.5, 0.6) is 0 Å². The van der Waals surface area contributed by atoms with Crippen molar-refractivity contribution in [2.45, 2.75) is 155 Å². The van der Waals surface area contributed by atoms with E-state index in [2.05, 4.69) is 269 Å². The standard InChI is InChI=1S/C72H76BN3/c1-45-36-53-55(71(11,12)43-69(53,7)8)41-61(45)76-62-42-56-54(70(9,10)44-72(56,13)14)40-58(62)73-57-37-48(47-24-18-15-19-25-47)30-32-60(57)75(59-33-31-52-65(46(59)2)68(5,6)35-34-67(52,3)4)63-38-51(39-64(76)66(63)73)74(49-26-20-16-21-27-49)50-28-22-17-23-29-50/h15-33,36-42H,34-35,43-44H2,1-14H3. The van der Waals surface area contributed by atoms with Gasteiger partial charge in [-0.15, -0.1) is 0 Å². The normalized spacial score (nSPS) is 19.0. The topological polar surface area (TPSA) is 9.72 Å². The van der Waals surface area contributed by atoms with E-state index >= 15 is 0 Å². The Morgan fingerprint density at radius 2 is 0.842 bits per heavy atom. The Labute approximate surface area is 455 Å². The summed E-state index contributed by atoms with van der Waals surface area (Å²) in [5.74, 6) is 0. The Bertz CT molecular complexity index is 3650. The highest BCUT2D eigenvalue weighted by Gasteiger charge is 2.50. The summed E-state index contributed by atoms with van der Waals surface area (Å²) >= 11 is 0. The fourth-order valence-electron chi connectivity index (χ4n) is 16.1. The Kier molecular flexibility index (Phi) is 10.5. The highest BCUT2D eigenvalue weighted by atomic mass is 15.2. The minimum atomic E-state index is -0.0506. The van der Waals surface area contributed by atoms with Crippen LogP contribution in [0.3, 0.4) is 0 Å². The molecule has 3 nitrogen and oxygen atoms in total. The molecule has 0 aromatic heterocycles. The van der Waals surface area contributed by atoms with E-state index in [9.17, 15) is 0 Å². The third-order valence-electron chi connectivity index (χ3n) is 19.3. The predicted octanol–water partition coefficient (Wildman–Crippen LogP) is 17.8. The zero-order chi connectivity index (χ0) is 53.2. The van der Waals surface area contributed by atoms with E-state index in [0.717, 1.165) is 36.3 Å². The molecule has 76 heavy (non-hydrogen) atoms. The molecule has 0 unspecified atom stereocenters. The van der Waals surface area contributed by atoms with Crippen LogP contribution < -0.4 is 31.1 Å². The highest BCUT2D eigenvalue weighted by Crippen LogP contribution is 2.57. The molecule has 382 valence electrons. The SMILES string of the molecule is Cc1cc2c(cc1N1c3cc4c(cc3B3c5cc(-c6ccccc6)ccc5N(c5ccc6c(c5C)C(C)(C)CCC6(C)C)c5cc(N(c6ccccc6)c6ccccc6)cc1c53)C(C)(C)CC4(C)C)C(C)(C)CC2(C)C. The number of anilines is 9. The lowest BCUT2D eigenvalue weighted by molar-refractivity contribution is 0.330. The highest BCUT2D eigenvalue weighted by molar-refractivity contribution is 7.00. The van der Waals surface area contributed by atoms with Crippen molar-refractivity contribution in [3.05, 3.63) is 202 Å². The molecule has 4 heteroatoms. The summed E-state index contributed by atoms with van der Waals surface area (Å²) in [6.45, 7) is 34.5. The van der Waals surface area contributed by atoms with Gasteiger partial charge in [-0.3, -0.25) is 0 Å². The Morgan fingerprint density at radius 1 is 0.368 bits per heavy atom. The second kappa shape index (κ2) is 16.4. The van der Waals surface area contributed by atoms with Gasteiger partial charge in [-0.05, 0) is 205 Å². The number of benzene rings is 8. The third-order valence-corrected chi connectivity index (χ3v) is 19.3. The number of fused-ring (bicyclic) bond motifs is 7. The zero-order valence-electron chi connectivity index (χ0n) is 47.8. The lowest BCUT2D eigenvalue weighted by Gasteiger charge is -2.47. The van der Waals surface area contributed by atoms with Crippen LogP contribution in [-0.4, -0.2) is 6.71 Å². The van der Waals surface area contributed by atoms with Crippen molar-refractivity contribution in [3.8, 4) is 11.1 Å². The average Bonchev–Trinajstić information content (AvgIpc) is 3.87. The van der Waals surface area contributed by atoms with Crippen molar-refractivity contribution >= 4 is 74.3 Å².